The van der Waals surface area contributed by atoms with Gasteiger partial charge in [0, 0.05) is 17.8 Å². The minimum atomic E-state index is -0.663. The van der Waals surface area contributed by atoms with Crippen LogP contribution in [-0.4, -0.2) is 48.0 Å². The maximum atomic E-state index is 14.6. The number of carbonyl (C=O) groups is 1. The Morgan fingerprint density at radius 3 is 2.65 bits per heavy atom. The number of rotatable bonds is 8. The molecule has 178 valence electrons. The summed E-state index contributed by atoms with van der Waals surface area (Å²) in [4.78, 5) is 23.0. The molecule has 0 aliphatic heterocycles. The molecule has 34 heavy (non-hydrogen) atoms. The Labute approximate surface area is 197 Å². The third-order valence-corrected chi connectivity index (χ3v) is 5.78. The molecule has 1 aliphatic carbocycles. The predicted molar refractivity (Wildman–Crippen MR) is 127 cm³/mol. The van der Waals surface area contributed by atoms with Gasteiger partial charge in [-0.25, -0.2) is 18.7 Å². The molecule has 0 atom stereocenters. The lowest BCUT2D eigenvalue weighted by molar-refractivity contribution is 0.102. The van der Waals surface area contributed by atoms with Crippen molar-refractivity contribution in [1.82, 2.24) is 14.9 Å². The summed E-state index contributed by atoms with van der Waals surface area (Å²) in [6.07, 6.45) is 3.33. The number of benzene rings is 2. The van der Waals surface area contributed by atoms with Crippen LogP contribution in [0.5, 0.6) is 5.75 Å². The molecular formula is C25H27F2N5O2. The number of aromatic nitrogens is 2. The first-order valence-corrected chi connectivity index (χ1v) is 11.0. The first-order valence-electron chi connectivity index (χ1n) is 11.0. The van der Waals surface area contributed by atoms with E-state index in [1.165, 1.54) is 30.6 Å². The lowest BCUT2D eigenvalue weighted by Crippen LogP contribution is -2.20. The molecule has 1 aliphatic rings. The van der Waals surface area contributed by atoms with Crippen molar-refractivity contribution >= 4 is 17.4 Å². The summed E-state index contributed by atoms with van der Waals surface area (Å²) in [5.41, 5.74) is 8.22. The van der Waals surface area contributed by atoms with Crippen LogP contribution < -0.4 is 15.8 Å². The van der Waals surface area contributed by atoms with E-state index < -0.39 is 17.5 Å². The average molecular weight is 468 g/mol. The number of halogens is 2. The van der Waals surface area contributed by atoms with Crippen molar-refractivity contribution in [2.24, 2.45) is 0 Å². The number of nitrogens with zero attached hydrogens (tertiary/aromatic N) is 3. The number of likely N-dealkylation sites (N-methyl/N-ethyl adjacent to an activating group) is 1. The summed E-state index contributed by atoms with van der Waals surface area (Å²) in [5.74, 6) is -1.14. The van der Waals surface area contributed by atoms with Crippen molar-refractivity contribution in [3.8, 4) is 17.0 Å². The van der Waals surface area contributed by atoms with E-state index in [1.54, 1.807) is 13.0 Å². The van der Waals surface area contributed by atoms with E-state index in [9.17, 15) is 13.6 Å². The van der Waals surface area contributed by atoms with Gasteiger partial charge in [-0.15, -0.1) is 0 Å². The number of nitrogen functional groups attached to an aromatic ring is 1. The Bertz CT molecular complexity index is 1230. The molecule has 1 saturated carbocycles. The summed E-state index contributed by atoms with van der Waals surface area (Å²) in [6, 6.07) is 7.11. The van der Waals surface area contributed by atoms with E-state index in [0.717, 1.165) is 18.4 Å². The number of carbonyl (C=O) groups excluding carboxylic acids is 1. The Balaban J connectivity index is 1.64. The van der Waals surface area contributed by atoms with Crippen LogP contribution in [0.3, 0.4) is 0 Å². The highest BCUT2D eigenvalue weighted by molar-refractivity contribution is 6.05. The fourth-order valence-corrected chi connectivity index (χ4v) is 3.68. The molecule has 1 aromatic heterocycles. The van der Waals surface area contributed by atoms with Crippen molar-refractivity contribution in [3.63, 3.8) is 0 Å². The molecule has 0 bridgehead atoms. The molecule has 1 heterocycles. The first kappa shape index (κ1) is 23.6. The Morgan fingerprint density at radius 1 is 1.21 bits per heavy atom. The smallest absolute Gasteiger partial charge is 0.258 e. The second-order valence-corrected chi connectivity index (χ2v) is 8.68. The van der Waals surface area contributed by atoms with Crippen LogP contribution >= 0.6 is 0 Å². The van der Waals surface area contributed by atoms with E-state index in [2.05, 4.69) is 15.3 Å². The third kappa shape index (κ3) is 5.14. The van der Waals surface area contributed by atoms with Crippen molar-refractivity contribution in [3.05, 3.63) is 65.0 Å². The lowest BCUT2D eigenvalue weighted by atomic mass is 10.0. The van der Waals surface area contributed by atoms with Gasteiger partial charge < -0.3 is 20.7 Å². The van der Waals surface area contributed by atoms with E-state index in [1.807, 2.05) is 19.0 Å². The zero-order valence-corrected chi connectivity index (χ0v) is 19.4. The summed E-state index contributed by atoms with van der Waals surface area (Å²) >= 11 is 0. The van der Waals surface area contributed by atoms with Gasteiger partial charge in [-0.1, -0.05) is 6.07 Å². The van der Waals surface area contributed by atoms with Gasteiger partial charge in [-0.3, -0.25) is 4.79 Å². The fraction of sp³-hybridized carbons (Fsp3) is 0.320. The Kier molecular flexibility index (Phi) is 6.74. The molecule has 0 radical (unpaired) electrons. The van der Waals surface area contributed by atoms with Crippen molar-refractivity contribution in [2.45, 2.75) is 25.7 Å². The van der Waals surface area contributed by atoms with E-state index in [-0.39, 0.29) is 22.8 Å². The van der Waals surface area contributed by atoms with Gasteiger partial charge in [0.25, 0.3) is 5.91 Å². The quantitative estimate of drug-likeness (QED) is 0.511. The molecule has 0 unspecified atom stereocenters. The minimum Gasteiger partial charge on any atom is -0.486 e. The number of ether oxygens (including phenoxy) is 1. The molecule has 1 fully saturated rings. The normalized spacial score (nSPS) is 13.2. The molecular weight excluding hydrogens is 440 g/mol. The van der Waals surface area contributed by atoms with Gasteiger partial charge in [-0.05, 0) is 75.2 Å². The van der Waals surface area contributed by atoms with Gasteiger partial charge in [0.05, 0.1) is 5.56 Å². The van der Waals surface area contributed by atoms with Crippen molar-refractivity contribution in [2.75, 3.05) is 38.3 Å². The zero-order chi connectivity index (χ0) is 24.4. The summed E-state index contributed by atoms with van der Waals surface area (Å²) < 4.78 is 35.0. The molecule has 9 heteroatoms. The van der Waals surface area contributed by atoms with Gasteiger partial charge in [-0.2, -0.15) is 0 Å². The molecule has 3 N–H and O–H groups in total. The highest BCUT2D eigenvalue weighted by atomic mass is 19.1. The fourth-order valence-electron chi connectivity index (χ4n) is 3.68. The summed E-state index contributed by atoms with van der Waals surface area (Å²) in [6.45, 7) is 2.66. The molecule has 4 rings (SSSR count). The average Bonchev–Trinajstić information content (AvgIpc) is 3.62. The summed E-state index contributed by atoms with van der Waals surface area (Å²) in [5, 5.41) is 2.63. The Morgan fingerprint density at radius 2 is 1.97 bits per heavy atom. The largest absolute Gasteiger partial charge is 0.486 e. The topological polar surface area (TPSA) is 93.4 Å². The zero-order valence-electron chi connectivity index (χ0n) is 19.4. The third-order valence-electron chi connectivity index (χ3n) is 5.78. The Hall–Kier alpha value is -3.59. The van der Waals surface area contributed by atoms with E-state index in [0.29, 0.717) is 35.9 Å². The van der Waals surface area contributed by atoms with Crippen LogP contribution in [0.15, 0.2) is 36.7 Å². The van der Waals surface area contributed by atoms with Crippen molar-refractivity contribution < 1.29 is 18.3 Å². The van der Waals surface area contributed by atoms with Gasteiger partial charge in [0.1, 0.15) is 30.3 Å². The maximum Gasteiger partial charge on any atom is 0.258 e. The molecule has 0 saturated heterocycles. The standard InChI is InChI=1S/C25H27F2N5O2/c1-14-19(22-23(24(28)30-13-29-22)34-9-8-32(2)3)11-17(26)12-21(14)31-25(33)18-7-6-16(10-20(18)27)15-4-5-15/h6-7,10-13,15H,4-5,8-9H2,1-3H3,(H,31,33)(H2,28,29,30). The van der Waals surface area contributed by atoms with Crippen LogP contribution in [0.4, 0.5) is 20.3 Å². The second-order valence-electron chi connectivity index (χ2n) is 8.68. The van der Waals surface area contributed by atoms with Gasteiger partial charge in [0.2, 0.25) is 0 Å². The van der Waals surface area contributed by atoms with Crippen LogP contribution in [-0.2, 0) is 0 Å². The summed E-state index contributed by atoms with van der Waals surface area (Å²) in [7, 11) is 3.81. The highest BCUT2D eigenvalue weighted by Crippen LogP contribution is 2.40. The van der Waals surface area contributed by atoms with E-state index >= 15 is 0 Å². The van der Waals surface area contributed by atoms with Crippen LogP contribution in [0, 0.1) is 18.6 Å². The number of nitrogens with one attached hydrogen (secondary N) is 1. The van der Waals surface area contributed by atoms with Crippen LogP contribution in [0.1, 0.15) is 40.2 Å². The number of hydrogen-bond donors (Lipinski definition) is 2. The van der Waals surface area contributed by atoms with Gasteiger partial charge >= 0.3 is 0 Å². The molecule has 0 spiro atoms. The molecule has 1 amide bonds. The molecule has 7 nitrogen and oxygen atoms in total. The first-order chi connectivity index (χ1) is 16.2. The number of anilines is 2. The predicted octanol–water partition coefficient (Wildman–Crippen LogP) is 4.38. The molecule has 2 aromatic carbocycles. The second kappa shape index (κ2) is 9.72. The minimum absolute atomic E-state index is 0.103. The molecule has 3 aromatic rings. The van der Waals surface area contributed by atoms with Crippen molar-refractivity contribution in [1.29, 1.82) is 0 Å². The van der Waals surface area contributed by atoms with Crippen LogP contribution in [0.2, 0.25) is 0 Å². The number of nitrogens with two attached hydrogens (primary N) is 1. The number of hydrogen-bond acceptors (Lipinski definition) is 6. The van der Waals surface area contributed by atoms with Gasteiger partial charge in [0.15, 0.2) is 11.6 Å². The van der Waals surface area contributed by atoms with E-state index in [4.69, 9.17) is 10.5 Å². The highest BCUT2D eigenvalue weighted by Gasteiger charge is 2.25. The number of amides is 1. The lowest BCUT2D eigenvalue weighted by Gasteiger charge is -2.17. The maximum absolute atomic E-state index is 14.6. The monoisotopic (exact) mass is 467 g/mol. The SMILES string of the molecule is Cc1c(NC(=O)c2ccc(C3CC3)cc2F)cc(F)cc1-c1ncnc(N)c1OCCN(C)C. The van der Waals surface area contributed by atoms with Crippen LogP contribution in [0.25, 0.3) is 11.3 Å².